The first-order valence-corrected chi connectivity index (χ1v) is 9.33. The Bertz CT molecular complexity index is 806. The Morgan fingerprint density at radius 3 is 2.43 bits per heavy atom. The third-order valence-electron chi connectivity index (χ3n) is 3.04. The Hall–Kier alpha value is -1.18. The lowest BCUT2D eigenvalue weighted by Crippen LogP contribution is -2.09. The van der Waals surface area contributed by atoms with Crippen LogP contribution in [0.5, 0.6) is 0 Å². The van der Waals surface area contributed by atoms with E-state index < -0.39 is 15.8 Å². The lowest BCUT2D eigenvalue weighted by atomic mass is 10.1. The first-order chi connectivity index (χ1) is 9.70. The fraction of sp³-hybridized carbons (Fsp3) is 0.214. The predicted octanol–water partition coefficient (Wildman–Crippen LogP) is 3.80. The molecule has 0 aliphatic rings. The van der Waals surface area contributed by atoms with Gasteiger partial charge in [0.1, 0.15) is 0 Å². The summed E-state index contributed by atoms with van der Waals surface area (Å²) >= 11 is 4.64. The molecule has 0 aliphatic carbocycles. The molecule has 112 valence electrons. The fourth-order valence-corrected chi connectivity index (χ4v) is 5.53. The molecule has 0 saturated heterocycles. The van der Waals surface area contributed by atoms with Gasteiger partial charge in [0.05, 0.1) is 16.2 Å². The number of rotatable bonds is 4. The monoisotopic (exact) mass is 388 g/mol. The van der Waals surface area contributed by atoms with Crippen molar-refractivity contribution >= 4 is 43.1 Å². The van der Waals surface area contributed by atoms with Crippen molar-refractivity contribution in [2.24, 2.45) is 0 Å². The standard InChI is InChI=1S/C14H13BrO4S2/c1-8-3-9(2)13(5-12(8)14(16)17)21(18,19)7-11-4-10(15)6-20-11/h3-6H,7H2,1-2H3,(H,16,17). The van der Waals surface area contributed by atoms with Crippen LogP contribution in [-0.2, 0) is 15.6 Å². The number of hydrogen-bond acceptors (Lipinski definition) is 4. The molecule has 2 rings (SSSR count). The molecule has 1 aromatic heterocycles. The average molecular weight is 389 g/mol. The molecule has 7 heteroatoms. The van der Waals surface area contributed by atoms with Gasteiger partial charge in [0.15, 0.2) is 9.84 Å². The highest BCUT2D eigenvalue weighted by atomic mass is 79.9. The first kappa shape index (κ1) is 16.2. The Balaban J connectivity index is 2.49. The largest absolute Gasteiger partial charge is 0.478 e. The summed E-state index contributed by atoms with van der Waals surface area (Å²) in [5.41, 5.74) is 1.14. The van der Waals surface area contributed by atoms with Crippen molar-refractivity contribution in [2.75, 3.05) is 0 Å². The molecule has 0 saturated carbocycles. The zero-order chi connectivity index (χ0) is 15.8. The highest BCUT2D eigenvalue weighted by molar-refractivity contribution is 9.10. The number of thiophene rings is 1. The summed E-state index contributed by atoms with van der Waals surface area (Å²) in [4.78, 5) is 12.0. The molecule has 0 aliphatic heterocycles. The molecule has 0 fully saturated rings. The van der Waals surface area contributed by atoms with Crippen LogP contribution < -0.4 is 0 Å². The van der Waals surface area contributed by atoms with Gasteiger partial charge in [-0.3, -0.25) is 0 Å². The molecule has 2 aromatic rings. The van der Waals surface area contributed by atoms with Crippen molar-refractivity contribution in [1.82, 2.24) is 0 Å². The number of halogens is 1. The van der Waals surface area contributed by atoms with Crippen LogP contribution in [0.3, 0.4) is 0 Å². The SMILES string of the molecule is Cc1cc(C)c(S(=O)(=O)Cc2cc(Br)cs2)cc1C(=O)O. The summed E-state index contributed by atoms with van der Waals surface area (Å²) in [7, 11) is -3.58. The highest BCUT2D eigenvalue weighted by Crippen LogP contribution is 2.27. The van der Waals surface area contributed by atoms with Gasteiger partial charge in [-0.05, 0) is 53.0 Å². The topological polar surface area (TPSA) is 71.4 Å². The number of carboxylic acid groups (broad SMARTS) is 1. The normalized spacial score (nSPS) is 11.6. The van der Waals surface area contributed by atoms with Crippen LogP contribution in [0.15, 0.2) is 32.9 Å². The molecule has 0 atom stereocenters. The van der Waals surface area contributed by atoms with Gasteiger partial charge in [-0.25, -0.2) is 13.2 Å². The van der Waals surface area contributed by atoms with Crippen LogP contribution >= 0.6 is 27.3 Å². The maximum Gasteiger partial charge on any atom is 0.335 e. The summed E-state index contributed by atoms with van der Waals surface area (Å²) in [6.45, 7) is 3.33. The van der Waals surface area contributed by atoms with E-state index in [1.54, 1.807) is 26.0 Å². The smallest absolute Gasteiger partial charge is 0.335 e. The van der Waals surface area contributed by atoms with Crippen LogP contribution in [0.1, 0.15) is 26.4 Å². The molecular weight excluding hydrogens is 376 g/mol. The summed E-state index contributed by atoms with van der Waals surface area (Å²) in [5.74, 6) is -1.26. The van der Waals surface area contributed by atoms with Gasteiger partial charge in [-0.2, -0.15) is 0 Å². The van der Waals surface area contributed by atoms with Crippen molar-refractivity contribution in [2.45, 2.75) is 24.5 Å². The molecular formula is C14H13BrO4S2. The molecule has 4 nitrogen and oxygen atoms in total. The van der Waals surface area contributed by atoms with Gasteiger partial charge in [-0.15, -0.1) is 11.3 Å². The van der Waals surface area contributed by atoms with Gasteiger partial charge < -0.3 is 5.11 Å². The molecule has 0 radical (unpaired) electrons. The lowest BCUT2D eigenvalue weighted by Gasteiger charge is -2.10. The van der Waals surface area contributed by atoms with Crippen molar-refractivity contribution < 1.29 is 18.3 Å². The number of carboxylic acids is 1. The molecule has 0 unspecified atom stereocenters. The van der Waals surface area contributed by atoms with Crippen LogP contribution in [0.2, 0.25) is 0 Å². The molecule has 0 spiro atoms. The van der Waals surface area contributed by atoms with Crippen molar-refractivity contribution in [3.63, 3.8) is 0 Å². The number of sulfone groups is 1. The van der Waals surface area contributed by atoms with Crippen molar-refractivity contribution in [1.29, 1.82) is 0 Å². The van der Waals surface area contributed by atoms with E-state index in [1.807, 2.05) is 5.38 Å². The first-order valence-electron chi connectivity index (χ1n) is 6.01. The summed E-state index contributed by atoms with van der Waals surface area (Å²) in [6, 6.07) is 4.61. The molecule has 21 heavy (non-hydrogen) atoms. The third kappa shape index (κ3) is 3.53. The minimum Gasteiger partial charge on any atom is -0.478 e. The van der Waals surface area contributed by atoms with Crippen LogP contribution in [0, 0.1) is 13.8 Å². The Labute approximate surface area is 135 Å². The van der Waals surface area contributed by atoms with Gasteiger partial charge in [0, 0.05) is 14.7 Å². The van der Waals surface area contributed by atoms with Gasteiger partial charge >= 0.3 is 5.97 Å². The van der Waals surface area contributed by atoms with E-state index in [-0.39, 0.29) is 16.2 Å². The van der Waals surface area contributed by atoms with E-state index >= 15 is 0 Å². The molecule has 1 heterocycles. The maximum atomic E-state index is 12.5. The Kier molecular flexibility index (Phi) is 4.55. The van der Waals surface area contributed by atoms with E-state index in [9.17, 15) is 13.2 Å². The zero-order valence-electron chi connectivity index (χ0n) is 11.4. The molecule has 1 aromatic carbocycles. The Morgan fingerprint density at radius 1 is 1.24 bits per heavy atom. The van der Waals surface area contributed by atoms with E-state index in [2.05, 4.69) is 15.9 Å². The molecule has 1 N–H and O–H groups in total. The maximum absolute atomic E-state index is 12.5. The van der Waals surface area contributed by atoms with Crippen LogP contribution in [0.25, 0.3) is 0 Å². The lowest BCUT2D eigenvalue weighted by molar-refractivity contribution is 0.0696. The minimum absolute atomic E-state index is 0.0199. The average Bonchev–Trinajstić information content (AvgIpc) is 2.72. The molecule has 0 bridgehead atoms. The van der Waals surface area contributed by atoms with Crippen LogP contribution in [0.4, 0.5) is 0 Å². The fourth-order valence-electron chi connectivity index (χ4n) is 2.09. The van der Waals surface area contributed by atoms with Crippen molar-refractivity contribution in [3.05, 3.63) is 49.6 Å². The van der Waals surface area contributed by atoms with Gasteiger partial charge in [0.25, 0.3) is 0 Å². The summed E-state index contributed by atoms with van der Waals surface area (Å²) in [6.07, 6.45) is 0. The second-order valence-corrected chi connectivity index (χ2v) is 8.60. The summed E-state index contributed by atoms with van der Waals surface area (Å²) in [5, 5.41) is 11.0. The van der Waals surface area contributed by atoms with Gasteiger partial charge in [-0.1, -0.05) is 6.07 Å². The number of hydrogen-bond donors (Lipinski definition) is 1. The quantitative estimate of drug-likeness (QED) is 0.864. The van der Waals surface area contributed by atoms with Gasteiger partial charge in [0.2, 0.25) is 0 Å². The third-order valence-corrected chi connectivity index (χ3v) is 6.72. The second-order valence-electron chi connectivity index (χ2n) is 4.73. The molecule has 0 amide bonds. The number of aryl methyl sites for hydroxylation is 2. The number of carbonyl (C=O) groups is 1. The van der Waals surface area contributed by atoms with E-state index in [0.29, 0.717) is 16.0 Å². The van der Waals surface area contributed by atoms with E-state index in [1.165, 1.54) is 17.4 Å². The van der Waals surface area contributed by atoms with E-state index in [4.69, 9.17) is 5.11 Å². The highest BCUT2D eigenvalue weighted by Gasteiger charge is 2.22. The number of aromatic carboxylic acids is 1. The summed E-state index contributed by atoms with van der Waals surface area (Å²) < 4.78 is 25.9. The number of benzene rings is 1. The van der Waals surface area contributed by atoms with E-state index in [0.717, 1.165) is 4.47 Å². The van der Waals surface area contributed by atoms with Crippen molar-refractivity contribution in [3.8, 4) is 0 Å². The van der Waals surface area contributed by atoms with Crippen LogP contribution in [-0.4, -0.2) is 19.5 Å². The Morgan fingerprint density at radius 2 is 1.90 bits per heavy atom. The zero-order valence-corrected chi connectivity index (χ0v) is 14.6. The minimum atomic E-state index is -3.58. The predicted molar refractivity (Wildman–Crippen MR) is 85.8 cm³/mol. The second kappa shape index (κ2) is 5.90.